The Kier molecular flexibility index (Phi) is 7.04. The molecule has 1 N–H and O–H groups in total. The number of piperidine rings is 1. The first-order valence-corrected chi connectivity index (χ1v) is 10.1. The van der Waals surface area contributed by atoms with E-state index in [1.807, 2.05) is 56.3 Å². The Bertz CT molecular complexity index is 761. The van der Waals surface area contributed by atoms with Gasteiger partial charge in [-0.2, -0.15) is 0 Å². The summed E-state index contributed by atoms with van der Waals surface area (Å²) in [5.74, 6) is 1.71. The van der Waals surface area contributed by atoms with Gasteiger partial charge in [-0.25, -0.2) is 0 Å². The molecule has 1 aliphatic rings. The molecule has 0 radical (unpaired) electrons. The maximum atomic E-state index is 13.0. The number of hydrogen-bond donors (Lipinski definition) is 1. The van der Waals surface area contributed by atoms with Crippen LogP contribution in [0, 0.1) is 19.8 Å². The van der Waals surface area contributed by atoms with Crippen LogP contribution in [0.5, 0.6) is 5.75 Å². The Balaban J connectivity index is 1.62. The molecule has 1 aliphatic heterocycles. The first-order chi connectivity index (χ1) is 13.6. The molecule has 0 saturated carbocycles. The van der Waals surface area contributed by atoms with E-state index >= 15 is 0 Å². The largest absolute Gasteiger partial charge is 0.488 e. The molecule has 5 nitrogen and oxygen atoms in total. The number of rotatable bonds is 7. The molecule has 0 atom stereocenters. The number of hydrogen-bond acceptors (Lipinski definition) is 4. The number of aryl methyl sites for hydroxylation is 2. The van der Waals surface area contributed by atoms with Crippen molar-refractivity contribution in [2.24, 2.45) is 5.92 Å². The molecule has 0 unspecified atom stereocenters. The topological polar surface area (TPSA) is 54.5 Å². The second kappa shape index (κ2) is 9.69. The fraction of sp³-hybridized carbons (Fsp3) is 0.478. The highest BCUT2D eigenvalue weighted by molar-refractivity contribution is 5.95. The van der Waals surface area contributed by atoms with Crippen molar-refractivity contribution in [3.8, 4) is 5.75 Å². The van der Waals surface area contributed by atoms with E-state index in [9.17, 15) is 4.79 Å². The van der Waals surface area contributed by atoms with Gasteiger partial charge in [0.15, 0.2) is 0 Å². The molecule has 1 aromatic carbocycles. The van der Waals surface area contributed by atoms with Gasteiger partial charge in [-0.05, 0) is 81.9 Å². The monoisotopic (exact) mass is 381 g/mol. The Hall–Kier alpha value is -2.40. The van der Waals surface area contributed by atoms with Crippen molar-refractivity contribution in [3.05, 3.63) is 58.9 Å². The standard InChI is InChI=1S/C23H31N3O2/c1-17-13-21(23(27)26-11-7-19(8-12-26)6-10-24-3)14-18(2)22(17)28-16-20-5-4-9-25-15-20/h4-5,9,13-15,19,24H,6-8,10-12,16H2,1-3H3. The molecule has 5 heteroatoms. The lowest BCUT2D eigenvalue weighted by molar-refractivity contribution is 0.0687. The normalized spacial score (nSPS) is 14.9. The van der Waals surface area contributed by atoms with Crippen LogP contribution in [0.1, 0.15) is 46.3 Å². The number of nitrogens with zero attached hydrogens (tertiary/aromatic N) is 2. The molecular weight excluding hydrogens is 350 g/mol. The minimum Gasteiger partial charge on any atom is -0.488 e. The average Bonchev–Trinajstić information content (AvgIpc) is 2.72. The summed E-state index contributed by atoms with van der Waals surface area (Å²) in [6, 6.07) is 7.82. The van der Waals surface area contributed by atoms with Crippen molar-refractivity contribution >= 4 is 5.91 Å². The van der Waals surface area contributed by atoms with Crippen molar-refractivity contribution in [3.63, 3.8) is 0 Å². The van der Waals surface area contributed by atoms with Gasteiger partial charge in [0, 0.05) is 36.6 Å². The third-order valence-electron chi connectivity index (χ3n) is 5.52. The zero-order valence-corrected chi connectivity index (χ0v) is 17.2. The Morgan fingerprint density at radius 2 is 1.96 bits per heavy atom. The summed E-state index contributed by atoms with van der Waals surface area (Å²) in [6.45, 7) is 7.24. The number of ether oxygens (including phenoxy) is 1. The van der Waals surface area contributed by atoms with Crippen molar-refractivity contribution in [2.75, 3.05) is 26.7 Å². The van der Waals surface area contributed by atoms with Gasteiger partial charge in [0.2, 0.25) is 0 Å². The molecular formula is C23H31N3O2. The average molecular weight is 382 g/mol. The van der Waals surface area contributed by atoms with E-state index in [-0.39, 0.29) is 5.91 Å². The predicted molar refractivity (Wildman–Crippen MR) is 112 cm³/mol. The van der Waals surface area contributed by atoms with E-state index in [4.69, 9.17) is 4.74 Å². The number of likely N-dealkylation sites (tertiary alicyclic amines) is 1. The lowest BCUT2D eigenvalue weighted by Gasteiger charge is -2.32. The summed E-state index contributed by atoms with van der Waals surface area (Å²) in [5, 5.41) is 3.22. The van der Waals surface area contributed by atoms with Crippen LogP contribution in [-0.2, 0) is 6.61 Å². The van der Waals surface area contributed by atoms with Gasteiger partial charge in [0.1, 0.15) is 12.4 Å². The third kappa shape index (κ3) is 5.10. The first-order valence-electron chi connectivity index (χ1n) is 10.1. The second-order valence-corrected chi connectivity index (χ2v) is 7.72. The fourth-order valence-corrected chi connectivity index (χ4v) is 3.90. The van der Waals surface area contributed by atoms with Gasteiger partial charge in [-0.15, -0.1) is 0 Å². The number of pyridine rings is 1. The maximum absolute atomic E-state index is 13.0. The van der Waals surface area contributed by atoms with Crippen LogP contribution >= 0.6 is 0 Å². The van der Waals surface area contributed by atoms with Gasteiger partial charge in [0.25, 0.3) is 5.91 Å². The van der Waals surface area contributed by atoms with E-state index < -0.39 is 0 Å². The lowest BCUT2D eigenvalue weighted by atomic mass is 9.93. The number of nitrogens with one attached hydrogen (secondary N) is 1. The molecule has 28 heavy (non-hydrogen) atoms. The summed E-state index contributed by atoms with van der Waals surface area (Å²) in [4.78, 5) is 19.1. The summed E-state index contributed by atoms with van der Waals surface area (Å²) >= 11 is 0. The van der Waals surface area contributed by atoms with E-state index in [1.165, 1.54) is 6.42 Å². The summed E-state index contributed by atoms with van der Waals surface area (Å²) in [5.41, 5.74) is 3.78. The minimum atomic E-state index is 0.136. The van der Waals surface area contributed by atoms with Crippen LogP contribution in [-0.4, -0.2) is 42.5 Å². The molecule has 1 aromatic heterocycles. The zero-order valence-electron chi connectivity index (χ0n) is 17.2. The van der Waals surface area contributed by atoms with Crippen LogP contribution in [0.3, 0.4) is 0 Å². The minimum absolute atomic E-state index is 0.136. The van der Waals surface area contributed by atoms with E-state index in [2.05, 4.69) is 10.3 Å². The maximum Gasteiger partial charge on any atom is 0.253 e. The molecule has 0 spiro atoms. The molecule has 0 bridgehead atoms. The Morgan fingerprint density at radius 1 is 1.25 bits per heavy atom. The molecule has 2 heterocycles. The number of amides is 1. The van der Waals surface area contributed by atoms with Gasteiger partial charge in [-0.1, -0.05) is 6.07 Å². The number of carbonyl (C=O) groups is 1. The molecule has 1 fully saturated rings. The first kappa shape index (κ1) is 20.3. The highest BCUT2D eigenvalue weighted by atomic mass is 16.5. The number of benzene rings is 1. The predicted octanol–water partition coefficient (Wildman–Crippen LogP) is 3.74. The van der Waals surface area contributed by atoms with Gasteiger partial charge in [-0.3, -0.25) is 9.78 Å². The Labute approximate surface area is 168 Å². The Morgan fingerprint density at radius 3 is 2.57 bits per heavy atom. The lowest BCUT2D eigenvalue weighted by Crippen LogP contribution is -2.39. The van der Waals surface area contributed by atoms with Crippen molar-refractivity contribution in [1.29, 1.82) is 0 Å². The second-order valence-electron chi connectivity index (χ2n) is 7.72. The third-order valence-corrected chi connectivity index (χ3v) is 5.52. The summed E-state index contributed by atoms with van der Waals surface area (Å²) in [6.07, 6.45) is 6.95. The highest BCUT2D eigenvalue weighted by Crippen LogP contribution is 2.28. The van der Waals surface area contributed by atoms with Gasteiger partial charge in [0.05, 0.1) is 0 Å². The van der Waals surface area contributed by atoms with Crippen LogP contribution in [0.4, 0.5) is 0 Å². The van der Waals surface area contributed by atoms with Crippen LogP contribution in [0.15, 0.2) is 36.7 Å². The molecule has 150 valence electrons. The van der Waals surface area contributed by atoms with E-state index in [0.717, 1.165) is 66.4 Å². The smallest absolute Gasteiger partial charge is 0.253 e. The van der Waals surface area contributed by atoms with E-state index in [0.29, 0.717) is 6.61 Å². The van der Waals surface area contributed by atoms with Crippen molar-refractivity contribution in [2.45, 2.75) is 39.7 Å². The summed E-state index contributed by atoms with van der Waals surface area (Å²) in [7, 11) is 1.99. The van der Waals surface area contributed by atoms with Crippen LogP contribution in [0.2, 0.25) is 0 Å². The van der Waals surface area contributed by atoms with E-state index in [1.54, 1.807) is 6.20 Å². The molecule has 3 rings (SSSR count). The van der Waals surface area contributed by atoms with Gasteiger partial charge >= 0.3 is 0 Å². The molecule has 1 saturated heterocycles. The molecule has 2 aromatic rings. The zero-order chi connectivity index (χ0) is 19.9. The van der Waals surface area contributed by atoms with Crippen LogP contribution < -0.4 is 10.1 Å². The highest BCUT2D eigenvalue weighted by Gasteiger charge is 2.24. The molecule has 1 amide bonds. The SMILES string of the molecule is CNCCC1CCN(C(=O)c2cc(C)c(OCc3cccnc3)c(C)c2)CC1. The molecule has 0 aliphatic carbocycles. The van der Waals surface area contributed by atoms with Crippen LogP contribution in [0.25, 0.3) is 0 Å². The van der Waals surface area contributed by atoms with Gasteiger partial charge < -0.3 is 15.0 Å². The van der Waals surface area contributed by atoms with Crippen molar-refractivity contribution < 1.29 is 9.53 Å². The summed E-state index contributed by atoms with van der Waals surface area (Å²) < 4.78 is 6.01. The number of carbonyl (C=O) groups excluding carboxylic acids is 1. The number of aromatic nitrogens is 1. The quantitative estimate of drug-likeness (QED) is 0.794. The van der Waals surface area contributed by atoms with Crippen molar-refractivity contribution in [1.82, 2.24) is 15.2 Å². The fourth-order valence-electron chi connectivity index (χ4n) is 3.90.